The molecule has 1 amide bonds. The zero-order chi connectivity index (χ0) is 17.4. The van der Waals surface area contributed by atoms with Crippen LogP contribution in [0.3, 0.4) is 0 Å². The monoisotopic (exact) mass is 327 g/mol. The minimum Gasteiger partial charge on any atom is -0.369 e. The fraction of sp³-hybridized carbons (Fsp3) is 0.389. The molecule has 0 spiro atoms. The fourth-order valence-corrected chi connectivity index (χ4v) is 2.29. The smallest absolute Gasteiger partial charge is 0.275 e. The van der Waals surface area contributed by atoms with Gasteiger partial charge < -0.3 is 15.5 Å². The van der Waals surface area contributed by atoms with Gasteiger partial charge in [0.1, 0.15) is 11.5 Å². The van der Waals surface area contributed by atoms with Crippen LogP contribution in [0.4, 0.5) is 11.5 Å². The van der Waals surface area contributed by atoms with Crippen LogP contribution in [0.25, 0.3) is 0 Å². The molecule has 1 aromatic carbocycles. The molecule has 0 aliphatic carbocycles. The second kappa shape index (κ2) is 8.98. The Balaban J connectivity index is 1.91. The summed E-state index contributed by atoms with van der Waals surface area (Å²) in [4.78, 5) is 22.9. The number of para-hydroxylation sites is 1. The van der Waals surface area contributed by atoms with Crippen LogP contribution in [0, 0.1) is 0 Å². The van der Waals surface area contributed by atoms with E-state index in [1.807, 2.05) is 38.4 Å². The highest BCUT2D eigenvalue weighted by molar-refractivity contribution is 6.03. The summed E-state index contributed by atoms with van der Waals surface area (Å²) in [5.74, 6) is 0.432. The van der Waals surface area contributed by atoms with Gasteiger partial charge in [-0.3, -0.25) is 4.79 Å². The normalized spacial score (nSPS) is 10.7. The second-order valence-electron chi connectivity index (χ2n) is 5.84. The number of aryl methyl sites for hydroxylation is 1. The third-order valence-corrected chi connectivity index (χ3v) is 3.62. The van der Waals surface area contributed by atoms with Crippen molar-refractivity contribution in [2.45, 2.75) is 19.8 Å². The Kier molecular flexibility index (Phi) is 6.69. The first-order valence-corrected chi connectivity index (χ1v) is 8.20. The van der Waals surface area contributed by atoms with E-state index in [2.05, 4.69) is 32.4 Å². The average Bonchev–Trinajstić information content (AvgIpc) is 2.59. The lowest BCUT2D eigenvalue weighted by Gasteiger charge is -2.11. The van der Waals surface area contributed by atoms with E-state index in [1.54, 1.807) is 6.20 Å². The van der Waals surface area contributed by atoms with E-state index in [4.69, 9.17) is 0 Å². The van der Waals surface area contributed by atoms with E-state index in [-0.39, 0.29) is 5.91 Å². The van der Waals surface area contributed by atoms with Crippen LogP contribution < -0.4 is 10.6 Å². The van der Waals surface area contributed by atoms with Gasteiger partial charge in [-0.25, -0.2) is 9.97 Å². The molecule has 2 aromatic rings. The molecule has 24 heavy (non-hydrogen) atoms. The molecule has 6 heteroatoms. The number of carbonyl (C=O) groups excluding carboxylic acids is 1. The van der Waals surface area contributed by atoms with E-state index >= 15 is 0 Å². The number of anilines is 2. The maximum Gasteiger partial charge on any atom is 0.275 e. The molecular formula is C18H25N5O. The summed E-state index contributed by atoms with van der Waals surface area (Å²) in [7, 11) is 4.09. The Hall–Kier alpha value is -2.47. The number of amides is 1. The molecule has 2 rings (SSSR count). The average molecular weight is 327 g/mol. The van der Waals surface area contributed by atoms with Crippen molar-refractivity contribution in [3.05, 3.63) is 47.9 Å². The van der Waals surface area contributed by atoms with Crippen molar-refractivity contribution in [2.75, 3.05) is 37.8 Å². The summed E-state index contributed by atoms with van der Waals surface area (Å²) in [5, 5.41) is 6.10. The third-order valence-electron chi connectivity index (χ3n) is 3.62. The molecule has 0 saturated heterocycles. The Morgan fingerprint density at radius 1 is 1.17 bits per heavy atom. The summed E-state index contributed by atoms with van der Waals surface area (Å²) in [6.45, 7) is 3.89. The van der Waals surface area contributed by atoms with Crippen LogP contribution in [0.1, 0.15) is 29.4 Å². The standard InChI is InChI=1S/C18H25N5O/c1-4-14-8-5-6-9-15(14)22-18(24)16-12-21-17(13-20-16)19-10-7-11-23(2)3/h5-6,8-9,12-13H,4,7,10-11H2,1-3H3,(H,19,21)(H,22,24). The lowest BCUT2D eigenvalue weighted by Crippen LogP contribution is -2.17. The zero-order valence-corrected chi connectivity index (χ0v) is 14.5. The van der Waals surface area contributed by atoms with E-state index < -0.39 is 0 Å². The van der Waals surface area contributed by atoms with Gasteiger partial charge in [-0.05, 0) is 45.1 Å². The van der Waals surface area contributed by atoms with Crippen LogP contribution in [-0.4, -0.2) is 48.0 Å². The number of benzene rings is 1. The topological polar surface area (TPSA) is 70.2 Å². The van der Waals surface area contributed by atoms with Gasteiger partial charge in [0.15, 0.2) is 0 Å². The van der Waals surface area contributed by atoms with Crippen LogP contribution >= 0.6 is 0 Å². The molecule has 0 atom stereocenters. The molecular weight excluding hydrogens is 302 g/mol. The molecule has 0 aliphatic rings. The summed E-state index contributed by atoms with van der Waals surface area (Å²) < 4.78 is 0. The van der Waals surface area contributed by atoms with Gasteiger partial charge >= 0.3 is 0 Å². The van der Waals surface area contributed by atoms with E-state index in [1.165, 1.54) is 6.20 Å². The van der Waals surface area contributed by atoms with Gasteiger partial charge in [-0.1, -0.05) is 25.1 Å². The lowest BCUT2D eigenvalue weighted by molar-refractivity contribution is 0.102. The van der Waals surface area contributed by atoms with E-state index in [9.17, 15) is 4.79 Å². The summed E-state index contributed by atoms with van der Waals surface area (Å²) in [5.41, 5.74) is 2.22. The van der Waals surface area contributed by atoms with Gasteiger partial charge in [-0.2, -0.15) is 0 Å². The van der Waals surface area contributed by atoms with Crippen molar-refractivity contribution in [2.24, 2.45) is 0 Å². The fourth-order valence-electron chi connectivity index (χ4n) is 2.29. The van der Waals surface area contributed by atoms with Crippen LogP contribution in [-0.2, 0) is 6.42 Å². The molecule has 6 nitrogen and oxygen atoms in total. The van der Waals surface area contributed by atoms with E-state index in [0.717, 1.165) is 37.2 Å². The van der Waals surface area contributed by atoms with Gasteiger partial charge in [0, 0.05) is 12.2 Å². The number of hydrogen-bond donors (Lipinski definition) is 2. The van der Waals surface area contributed by atoms with Crippen molar-refractivity contribution >= 4 is 17.4 Å². The number of rotatable bonds is 8. The Morgan fingerprint density at radius 2 is 1.96 bits per heavy atom. The van der Waals surface area contributed by atoms with Gasteiger partial charge in [0.2, 0.25) is 0 Å². The molecule has 1 heterocycles. The Labute approximate surface area is 143 Å². The molecule has 0 bridgehead atoms. The minimum absolute atomic E-state index is 0.248. The number of aromatic nitrogens is 2. The number of nitrogens with zero attached hydrogens (tertiary/aromatic N) is 3. The maximum atomic E-state index is 12.3. The highest BCUT2D eigenvalue weighted by atomic mass is 16.1. The molecule has 0 unspecified atom stereocenters. The van der Waals surface area contributed by atoms with Crippen LogP contribution in [0.5, 0.6) is 0 Å². The third kappa shape index (κ3) is 5.31. The molecule has 1 aromatic heterocycles. The van der Waals surface area contributed by atoms with Crippen molar-refractivity contribution in [3.63, 3.8) is 0 Å². The quantitative estimate of drug-likeness (QED) is 0.730. The molecule has 128 valence electrons. The zero-order valence-electron chi connectivity index (χ0n) is 14.5. The maximum absolute atomic E-state index is 12.3. The summed E-state index contributed by atoms with van der Waals surface area (Å²) >= 11 is 0. The minimum atomic E-state index is -0.248. The SMILES string of the molecule is CCc1ccccc1NC(=O)c1cnc(NCCCN(C)C)cn1. The number of hydrogen-bond acceptors (Lipinski definition) is 5. The van der Waals surface area contributed by atoms with Crippen molar-refractivity contribution in [3.8, 4) is 0 Å². The molecule has 0 fully saturated rings. The summed E-state index contributed by atoms with van der Waals surface area (Å²) in [6, 6.07) is 7.76. The molecule has 0 aliphatic heterocycles. The predicted molar refractivity (Wildman–Crippen MR) is 97.5 cm³/mol. The number of carbonyl (C=O) groups is 1. The molecule has 0 saturated carbocycles. The van der Waals surface area contributed by atoms with E-state index in [0.29, 0.717) is 11.5 Å². The van der Waals surface area contributed by atoms with Gasteiger partial charge in [0.05, 0.1) is 12.4 Å². The summed E-state index contributed by atoms with van der Waals surface area (Å²) in [6.07, 6.45) is 4.97. The first kappa shape index (κ1) is 17.9. The highest BCUT2D eigenvalue weighted by Crippen LogP contribution is 2.16. The van der Waals surface area contributed by atoms with Crippen LogP contribution in [0.2, 0.25) is 0 Å². The van der Waals surface area contributed by atoms with Crippen LogP contribution in [0.15, 0.2) is 36.7 Å². The van der Waals surface area contributed by atoms with Gasteiger partial charge in [-0.15, -0.1) is 0 Å². The van der Waals surface area contributed by atoms with Crippen molar-refractivity contribution in [1.82, 2.24) is 14.9 Å². The van der Waals surface area contributed by atoms with Crippen molar-refractivity contribution in [1.29, 1.82) is 0 Å². The Bertz CT molecular complexity index is 655. The van der Waals surface area contributed by atoms with Gasteiger partial charge in [0.25, 0.3) is 5.91 Å². The Morgan fingerprint density at radius 3 is 2.62 bits per heavy atom. The van der Waals surface area contributed by atoms with Crippen molar-refractivity contribution < 1.29 is 4.79 Å². The second-order valence-corrected chi connectivity index (χ2v) is 5.84. The largest absolute Gasteiger partial charge is 0.369 e. The predicted octanol–water partition coefficient (Wildman–Crippen LogP) is 2.65. The molecule has 0 radical (unpaired) electrons. The first-order valence-electron chi connectivity index (χ1n) is 8.20. The lowest BCUT2D eigenvalue weighted by atomic mass is 10.1. The highest BCUT2D eigenvalue weighted by Gasteiger charge is 2.10. The number of nitrogens with one attached hydrogen (secondary N) is 2. The first-order chi connectivity index (χ1) is 11.6. The molecule has 2 N–H and O–H groups in total.